The molecule has 0 saturated carbocycles. The molecule has 1 fully saturated rings. The lowest BCUT2D eigenvalue weighted by atomic mass is 10.1. The normalized spacial score (nSPS) is 19.2. The largest absolute Gasteiger partial charge is 0.392 e. The van der Waals surface area contributed by atoms with Crippen LogP contribution in [0.15, 0.2) is 24.3 Å². The second kappa shape index (κ2) is 5.80. The molecule has 0 radical (unpaired) electrons. The van der Waals surface area contributed by atoms with Crippen molar-refractivity contribution in [1.29, 1.82) is 0 Å². The van der Waals surface area contributed by atoms with Crippen molar-refractivity contribution < 1.29 is 14.6 Å². The highest BCUT2D eigenvalue weighted by Gasteiger charge is 2.22. The summed E-state index contributed by atoms with van der Waals surface area (Å²) in [6.45, 7) is 1.18. The first-order chi connectivity index (χ1) is 8.29. The SMILES string of the molecule is O=C(NCc1cccc(CO)c1)C1CCCO1. The Morgan fingerprint density at radius 1 is 1.47 bits per heavy atom. The molecule has 92 valence electrons. The third kappa shape index (κ3) is 3.28. The quantitative estimate of drug-likeness (QED) is 0.817. The molecule has 1 amide bonds. The van der Waals surface area contributed by atoms with Gasteiger partial charge in [-0.2, -0.15) is 0 Å². The predicted octanol–water partition coefficient (Wildman–Crippen LogP) is 0.974. The molecule has 17 heavy (non-hydrogen) atoms. The molecule has 1 aliphatic rings. The van der Waals surface area contributed by atoms with Gasteiger partial charge in [-0.3, -0.25) is 4.79 Å². The maximum Gasteiger partial charge on any atom is 0.249 e. The van der Waals surface area contributed by atoms with Gasteiger partial charge in [-0.05, 0) is 24.0 Å². The molecule has 1 unspecified atom stereocenters. The molecule has 4 heteroatoms. The predicted molar refractivity (Wildman–Crippen MR) is 63.2 cm³/mol. The van der Waals surface area contributed by atoms with Crippen molar-refractivity contribution in [2.24, 2.45) is 0 Å². The number of benzene rings is 1. The van der Waals surface area contributed by atoms with Gasteiger partial charge in [0.05, 0.1) is 6.61 Å². The number of aliphatic hydroxyl groups excluding tert-OH is 1. The lowest BCUT2D eigenvalue weighted by Crippen LogP contribution is -2.33. The summed E-state index contributed by atoms with van der Waals surface area (Å²) < 4.78 is 5.30. The van der Waals surface area contributed by atoms with E-state index in [-0.39, 0.29) is 18.6 Å². The summed E-state index contributed by atoms with van der Waals surface area (Å²) in [6, 6.07) is 7.54. The first kappa shape index (κ1) is 12.1. The van der Waals surface area contributed by atoms with E-state index < -0.39 is 0 Å². The highest BCUT2D eigenvalue weighted by molar-refractivity contribution is 5.80. The number of hydrogen-bond acceptors (Lipinski definition) is 3. The molecule has 1 heterocycles. The van der Waals surface area contributed by atoms with Gasteiger partial charge in [0.1, 0.15) is 6.10 Å². The van der Waals surface area contributed by atoms with Crippen LogP contribution in [0.2, 0.25) is 0 Å². The van der Waals surface area contributed by atoms with Gasteiger partial charge in [0, 0.05) is 13.2 Å². The summed E-state index contributed by atoms with van der Waals surface area (Å²) >= 11 is 0. The van der Waals surface area contributed by atoms with E-state index in [2.05, 4.69) is 5.32 Å². The Bertz CT molecular complexity index is 386. The van der Waals surface area contributed by atoms with Gasteiger partial charge in [-0.15, -0.1) is 0 Å². The van der Waals surface area contributed by atoms with Crippen LogP contribution in [0.5, 0.6) is 0 Å². The first-order valence-electron chi connectivity index (χ1n) is 5.87. The van der Waals surface area contributed by atoms with Crippen molar-refractivity contribution in [2.75, 3.05) is 6.61 Å². The second-order valence-corrected chi connectivity index (χ2v) is 4.20. The van der Waals surface area contributed by atoms with Gasteiger partial charge >= 0.3 is 0 Å². The van der Waals surface area contributed by atoms with Crippen molar-refractivity contribution in [3.63, 3.8) is 0 Å². The average Bonchev–Trinajstić information content (AvgIpc) is 2.90. The van der Waals surface area contributed by atoms with Crippen LogP contribution in [0, 0.1) is 0 Å². The summed E-state index contributed by atoms with van der Waals surface area (Å²) in [5.41, 5.74) is 1.84. The summed E-state index contributed by atoms with van der Waals surface area (Å²) in [4.78, 5) is 11.7. The van der Waals surface area contributed by atoms with Crippen molar-refractivity contribution in [1.82, 2.24) is 5.32 Å². The summed E-state index contributed by atoms with van der Waals surface area (Å²) in [7, 11) is 0. The second-order valence-electron chi connectivity index (χ2n) is 4.20. The van der Waals surface area contributed by atoms with Crippen LogP contribution >= 0.6 is 0 Å². The standard InChI is InChI=1S/C13H17NO3/c15-9-11-4-1-3-10(7-11)8-14-13(16)12-5-2-6-17-12/h1,3-4,7,12,15H,2,5-6,8-9H2,(H,14,16). The maximum atomic E-state index is 11.7. The van der Waals surface area contributed by atoms with Gasteiger partial charge in [0.2, 0.25) is 5.91 Å². The van der Waals surface area contributed by atoms with E-state index in [0.717, 1.165) is 24.0 Å². The number of hydrogen-bond donors (Lipinski definition) is 2. The molecule has 4 nitrogen and oxygen atoms in total. The van der Waals surface area contributed by atoms with E-state index >= 15 is 0 Å². The number of carbonyl (C=O) groups excluding carboxylic acids is 1. The average molecular weight is 235 g/mol. The van der Waals surface area contributed by atoms with Crippen molar-refractivity contribution >= 4 is 5.91 Å². The molecule has 0 aliphatic carbocycles. The van der Waals surface area contributed by atoms with Crippen LogP contribution in [0.4, 0.5) is 0 Å². The lowest BCUT2D eigenvalue weighted by Gasteiger charge is -2.10. The molecule has 1 atom stereocenters. The Labute approximate surface area is 101 Å². The molecular formula is C13H17NO3. The number of nitrogens with one attached hydrogen (secondary N) is 1. The number of aliphatic hydroxyl groups is 1. The fourth-order valence-corrected chi connectivity index (χ4v) is 1.93. The van der Waals surface area contributed by atoms with E-state index in [0.29, 0.717) is 13.2 Å². The van der Waals surface area contributed by atoms with Crippen LogP contribution in [0.1, 0.15) is 24.0 Å². The number of carbonyl (C=O) groups is 1. The minimum Gasteiger partial charge on any atom is -0.392 e. The van der Waals surface area contributed by atoms with Crippen LogP contribution in [-0.4, -0.2) is 23.7 Å². The molecule has 1 aromatic carbocycles. The molecule has 1 aliphatic heterocycles. The van der Waals surface area contributed by atoms with Crippen LogP contribution in [0.3, 0.4) is 0 Å². The number of ether oxygens (including phenoxy) is 1. The van der Waals surface area contributed by atoms with E-state index in [4.69, 9.17) is 9.84 Å². The Kier molecular flexibility index (Phi) is 4.12. The Hall–Kier alpha value is -1.39. The van der Waals surface area contributed by atoms with Crippen LogP contribution in [-0.2, 0) is 22.7 Å². The Balaban J connectivity index is 1.86. The molecule has 1 aromatic rings. The third-order valence-corrected chi connectivity index (χ3v) is 2.86. The highest BCUT2D eigenvalue weighted by atomic mass is 16.5. The molecule has 2 N–H and O–H groups in total. The van der Waals surface area contributed by atoms with Crippen molar-refractivity contribution in [3.8, 4) is 0 Å². The molecule has 0 aromatic heterocycles. The molecule has 0 spiro atoms. The monoisotopic (exact) mass is 235 g/mol. The van der Waals surface area contributed by atoms with Gasteiger partial charge in [0.15, 0.2) is 0 Å². The highest BCUT2D eigenvalue weighted by Crippen LogP contribution is 2.12. The smallest absolute Gasteiger partial charge is 0.249 e. The molecule has 2 rings (SSSR count). The molecule has 1 saturated heterocycles. The first-order valence-corrected chi connectivity index (χ1v) is 5.87. The minimum atomic E-state index is -0.281. The van der Waals surface area contributed by atoms with Gasteiger partial charge < -0.3 is 15.2 Å². The Morgan fingerprint density at radius 2 is 2.29 bits per heavy atom. The third-order valence-electron chi connectivity index (χ3n) is 2.86. The van der Waals surface area contributed by atoms with Gasteiger partial charge in [0.25, 0.3) is 0 Å². The fraction of sp³-hybridized carbons (Fsp3) is 0.462. The summed E-state index contributed by atoms with van der Waals surface area (Å²) in [6.07, 6.45) is 1.48. The van der Waals surface area contributed by atoms with Crippen molar-refractivity contribution in [3.05, 3.63) is 35.4 Å². The van der Waals surface area contributed by atoms with E-state index in [1.807, 2.05) is 24.3 Å². The fourth-order valence-electron chi connectivity index (χ4n) is 1.93. The van der Waals surface area contributed by atoms with Crippen LogP contribution in [0.25, 0.3) is 0 Å². The zero-order valence-electron chi connectivity index (χ0n) is 9.69. The zero-order valence-corrected chi connectivity index (χ0v) is 9.69. The molecular weight excluding hydrogens is 218 g/mol. The van der Waals surface area contributed by atoms with E-state index in [1.54, 1.807) is 0 Å². The van der Waals surface area contributed by atoms with E-state index in [1.165, 1.54) is 0 Å². The summed E-state index contributed by atoms with van der Waals surface area (Å²) in [5, 5.41) is 11.9. The minimum absolute atomic E-state index is 0.0214. The maximum absolute atomic E-state index is 11.7. The lowest BCUT2D eigenvalue weighted by molar-refractivity contribution is -0.130. The van der Waals surface area contributed by atoms with Crippen molar-refractivity contribution in [2.45, 2.75) is 32.1 Å². The summed E-state index contributed by atoms with van der Waals surface area (Å²) in [5.74, 6) is -0.0445. The molecule has 0 bridgehead atoms. The van der Waals surface area contributed by atoms with Gasteiger partial charge in [-0.25, -0.2) is 0 Å². The number of rotatable bonds is 4. The number of amides is 1. The van der Waals surface area contributed by atoms with Gasteiger partial charge in [-0.1, -0.05) is 24.3 Å². The van der Waals surface area contributed by atoms with Crippen LogP contribution < -0.4 is 5.32 Å². The topological polar surface area (TPSA) is 58.6 Å². The zero-order chi connectivity index (χ0) is 12.1. The van der Waals surface area contributed by atoms with E-state index in [9.17, 15) is 4.79 Å². The Morgan fingerprint density at radius 3 is 3.00 bits per heavy atom.